The number of likely N-dealkylation sites (tertiary alicyclic amines) is 1. The third-order valence-electron chi connectivity index (χ3n) is 6.51. The number of benzene rings is 1. The van der Waals surface area contributed by atoms with Crippen LogP contribution in [0.1, 0.15) is 60.7 Å². The fourth-order valence-corrected chi connectivity index (χ4v) is 4.76. The summed E-state index contributed by atoms with van der Waals surface area (Å²) in [6, 6.07) is 5.77. The minimum absolute atomic E-state index is 0.0228. The minimum Gasteiger partial charge on any atom is -0.338 e. The molecule has 1 amide bonds. The number of aromatic nitrogens is 4. The van der Waals surface area contributed by atoms with Gasteiger partial charge < -0.3 is 9.47 Å². The van der Waals surface area contributed by atoms with Gasteiger partial charge in [-0.1, -0.05) is 12.8 Å². The normalized spacial score (nSPS) is 18.1. The van der Waals surface area contributed by atoms with Crippen LogP contribution in [-0.2, 0) is 13.0 Å². The van der Waals surface area contributed by atoms with Crippen LogP contribution in [0.2, 0.25) is 0 Å². The van der Waals surface area contributed by atoms with Crippen LogP contribution in [0.5, 0.6) is 0 Å². The lowest BCUT2D eigenvalue weighted by molar-refractivity contribution is 0.0694. The smallest absolute Gasteiger partial charge is 0.261 e. The molecule has 0 atom stereocenters. The molecule has 1 saturated heterocycles. The van der Waals surface area contributed by atoms with Crippen molar-refractivity contribution in [1.29, 1.82) is 0 Å². The molecule has 0 radical (unpaired) electrons. The van der Waals surface area contributed by atoms with Crippen LogP contribution in [0, 0.1) is 0 Å². The summed E-state index contributed by atoms with van der Waals surface area (Å²) in [6.07, 6.45) is 12.7. The van der Waals surface area contributed by atoms with E-state index < -0.39 is 0 Å². The monoisotopic (exact) mass is 405 g/mol. The SMILES string of the molecule is O=C(c1ccc2c(=O)n3c(nc2c1)CCCCCC3)N1CCC(n2ccnc2)CC1. The van der Waals surface area contributed by atoms with Gasteiger partial charge in [0.25, 0.3) is 11.5 Å². The highest BCUT2D eigenvalue weighted by atomic mass is 16.2. The quantitative estimate of drug-likeness (QED) is 0.656. The third kappa shape index (κ3) is 3.53. The largest absolute Gasteiger partial charge is 0.338 e. The minimum atomic E-state index is 0.0228. The van der Waals surface area contributed by atoms with E-state index in [4.69, 9.17) is 4.98 Å². The number of imidazole rings is 1. The van der Waals surface area contributed by atoms with Crippen molar-refractivity contribution in [3.8, 4) is 0 Å². The van der Waals surface area contributed by atoms with E-state index >= 15 is 0 Å². The van der Waals surface area contributed by atoms with Crippen molar-refractivity contribution in [2.45, 2.75) is 57.5 Å². The molecule has 0 spiro atoms. The molecular formula is C23H27N5O2. The van der Waals surface area contributed by atoms with Crippen molar-refractivity contribution in [2.24, 2.45) is 0 Å². The number of carbonyl (C=O) groups excluding carboxylic acids is 1. The number of fused-ring (bicyclic) bond motifs is 2. The predicted octanol–water partition coefficient (Wildman–Crippen LogP) is 3.19. The first-order valence-electron chi connectivity index (χ1n) is 11.0. The van der Waals surface area contributed by atoms with Gasteiger partial charge in [-0.15, -0.1) is 0 Å². The first-order valence-corrected chi connectivity index (χ1v) is 11.0. The van der Waals surface area contributed by atoms with Gasteiger partial charge in [-0.2, -0.15) is 0 Å². The summed E-state index contributed by atoms with van der Waals surface area (Å²) in [5.41, 5.74) is 1.29. The van der Waals surface area contributed by atoms with E-state index in [-0.39, 0.29) is 11.5 Å². The molecule has 0 N–H and O–H groups in total. The Morgan fingerprint density at radius 1 is 1.03 bits per heavy atom. The van der Waals surface area contributed by atoms with Crippen LogP contribution in [0.4, 0.5) is 0 Å². The third-order valence-corrected chi connectivity index (χ3v) is 6.51. The number of nitrogens with zero attached hydrogens (tertiary/aromatic N) is 5. The Labute approximate surface area is 175 Å². The number of carbonyl (C=O) groups is 1. The van der Waals surface area contributed by atoms with Crippen LogP contribution < -0.4 is 5.56 Å². The van der Waals surface area contributed by atoms with E-state index in [9.17, 15) is 9.59 Å². The molecule has 3 aromatic rings. The molecular weight excluding hydrogens is 378 g/mol. The zero-order valence-electron chi connectivity index (χ0n) is 17.2. The van der Waals surface area contributed by atoms with Gasteiger partial charge in [0.15, 0.2) is 0 Å². The van der Waals surface area contributed by atoms with Crippen molar-refractivity contribution < 1.29 is 4.79 Å². The van der Waals surface area contributed by atoms with Crippen LogP contribution in [0.3, 0.4) is 0 Å². The van der Waals surface area contributed by atoms with Gasteiger partial charge in [0.2, 0.25) is 0 Å². The molecule has 0 aliphatic carbocycles. The lowest BCUT2D eigenvalue weighted by Crippen LogP contribution is -2.39. The molecule has 5 rings (SSSR count). The number of piperidine rings is 1. The number of aryl methyl sites for hydroxylation is 1. The molecule has 156 valence electrons. The molecule has 1 aromatic carbocycles. The first kappa shape index (κ1) is 19.0. The summed E-state index contributed by atoms with van der Waals surface area (Å²) >= 11 is 0. The van der Waals surface area contributed by atoms with Crippen molar-refractivity contribution in [2.75, 3.05) is 13.1 Å². The van der Waals surface area contributed by atoms with Gasteiger partial charge in [0, 0.05) is 50.1 Å². The van der Waals surface area contributed by atoms with E-state index in [2.05, 4.69) is 9.55 Å². The average molecular weight is 406 g/mol. The van der Waals surface area contributed by atoms with Crippen LogP contribution >= 0.6 is 0 Å². The topological polar surface area (TPSA) is 73.0 Å². The molecule has 2 aliphatic heterocycles. The fraction of sp³-hybridized carbons (Fsp3) is 0.478. The molecule has 7 nitrogen and oxygen atoms in total. The van der Waals surface area contributed by atoms with Crippen molar-refractivity contribution in [3.05, 3.63) is 58.7 Å². The lowest BCUT2D eigenvalue weighted by Gasteiger charge is -2.32. The van der Waals surface area contributed by atoms with E-state index in [0.717, 1.165) is 64.0 Å². The van der Waals surface area contributed by atoms with Gasteiger partial charge in [-0.25, -0.2) is 9.97 Å². The summed E-state index contributed by atoms with van der Waals surface area (Å²) < 4.78 is 3.97. The highest BCUT2D eigenvalue weighted by molar-refractivity contribution is 5.97. The first-order chi connectivity index (χ1) is 14.7. The highest BCUT2D eigenvalue weighted by Gasteiger charge is 2.25. The number of amides is 1. The second-order valence-electron chi connectivity index (χ2n) is 8.41. The van der Waals surface area contributed by atoms with Gasteiger partial charge in [0.05, 0.1) is 17.2 Å². The number of hydrogen-bond acceptors (Lipinski definition) is 4. The summed E-state index contributed by atoms with van der Waals surface area (Å²) in [5.74, 6) is 0.882. The average Bonchev–Trinajstić information content (AvgIpc) is 3.29. The van der Waals surface area contributed by atoms with E-state index in [0.29, 0.717) is 22.5 Å². The Morgan fingerprint density at radius 2 is 1.87 bits per heavy atom. The second kappa shape index (κ2) is 8.05. The molecule has 7 heteroatoms. The zero-order valence-corrected chi connectivity index (χ0v) is 17.2. The molecule has 2 aliphatic rings. The van der Waals surface area contributed by atoms with E-state index in [1.807, 2.05) is 22.0 Å². The molecule has 0 unspecified atom stereocenters. The van der Waals surface area contributed by atoms with Gasteiger partial charge in [0.1, 0.15) is 5.82 Å². The number of hydrogen-bond donors (Lipinski definition) is 0. The Balaban J connectivity index is 1.39. The lowest BCUT2D eigenvalue weighted by atomic mass is 10.0. The van der Waals surface area contributed by atoms with E-state index in [1.165, 1.54) is 6.42 Å². The summed E-state index contributed by atoms with van der Waals surface area (Å²) in [4.78, 5) is 36.9. The Morgan fingerprint density at radius 3 is 2.67 bits per heavy atom. The van der Waals surface area contributed by atoms with Crippen molar-refractivity contribution in [1.82, 2.24) is 24.0 Å². The number of rotatable bonds is 2. The predicted molar refractivity (Wildman–Crippen MR) is 115 cm³/mol. The second-order valence-corrected chi connectivity index (χ2v) is 8.41. The van der Waals surface area contributed by atoms with Crippen LogP contribution in [0.25, 0.3) is 10.9 Å². The maximum absolute atomic E-state index is 13.1. The van der Waals surface area contributed by atoms with Crippen molar-refractivity contribution in [3.63, 3.8) is 0 Å². The van der Waals surface area contributed by atoms with Gasteiger partial charge in [-0.05, 0) is 43.9 Å². The van der Waals surface area contributed by atoms with Gasteiger partial charge >= 0.3 is 0 Å². The molecule has 4 heterocycles. The highest BCUT2D eigenvalue weighted by Crippen LogP contribution is 2.24. The molecule has 0 saturated carbocycles. The van der Waals surface area contributed by atoms with E-state index in [1.54, 1.807) is 24.4 Å². The maximum Gasteiger partial charge on any atom is 0.261 e. The summed E-state index contributed by atoms with van der Waals surface area (Å²) in [5, 5.41) is 0.606. The Kier molecular flexibility index (Phi) is 5.11. The maximum atomic E-state index is 13.1. The van der Waals surface area contributed by atoms with Crippen molar-refractivity contribution >= 4 is 16.8 Å². The summed E-state index contributed by atoms with van der Waals surface area (Å²) in [6.45, 7) is 2.18. The molecule has 30 heavy (non-hydrogen) atoms. The standard InChI is InChI=1S/C23H27N5O2/c29-22(26-12-8-18(9-13-26)27-14-10-24-16-27)17-6-7-19-20(15-17)25-21-5-3-1-2-4-11-28(21)23(19)30/h6-7,10,14-16,18H,1-5,8-9,11-13H2. The van der Waals surface area contributed by atoms with Gasteiger partial charge in [-0.3, -0.25) is 14.2 Å². The fourth-order valence-electron chi connectivity index (χ4n) is 4.76. The zero-order chi connectivity index (χ0) is 20.5. The van der Waals surface area contributed by atoms with Crippen LogP contribution in [0.15, 0.2) is 41.7 Å². The molecule has 0 bridgehead atoms. The Hall–Kier alpha value is -2.96. The van der Waals surface area contributed by atoms with Crippen LogP contribution in [-0.4, -0.2) is 43.0 Å². The molecule has 2 aromatic heterocycles. The molecule has 1 fully saturated rings. The Bertz CT molecular complexity index is 1110. The summed E-state index contributed by atoms with van der Waals surface area (Å²) in [7, 11) is 0.